The maximum Gasteiger partial charge on any atom is 0.514 e. The number of ether oxygens (including phenoxy) is 2. The first kappa shape index (κ1) is 13.9. The Bertz CT molecular complexity index is 532. The van der Waals surface area contributed by atoms with Crippen molar-refractivity contribution in [2.24, 2.45) is 5.92 Å². The molecule has 0 radical (unpaired) electrons. The number of nitro groups is 1. The van der Waals surface area contributed by atoms with Crippen LogP contribution in [0, 0.1) is 16.0 Å². The van der Waals surface area contributed by atoms with Crippen LogP contribution in [0.2, 0.25) is 0 Å². The Hall–Kier alpha value is -2.11. The van der Waals surface area contributed by atoms with Crippen molar-refractivity contribution in [2.75, 3.05) is 0 Å². The zero-order valence-electron chi connectivity index (χ0n) is 11.6. The van der Waals surface area contributed by atoms with Crippen LogP contribution in [0.1, 0.15) is 38.5 Å². The molecule has 0 aliphatic heterocycles. The Morgan fingerprint density at radius 2 is 1.71 bits per heavy atom. The first-order chi connectivity index (χ1) is 10.1. The second kappa shape index (κ2) is 5.35. The van der Waals surface area contributed by atoms with Crippen LogP contribution < -0.4 is 4.74 Å². The smallest absolute Gasteiger partial charge is 0.427 e. The summed E-state index contributed by atoms with van der Waals surface area (Å²) in [6.07, 6.45) is 5.36. The summed E-state index contributed by atoms with van der Waals surface area (Å²) in [6.45, 7) is 0. The summed E-state index contributed by atoms with van der Waals surface area (Å²) in [6, 6.07) is 5.39. The molecule has 6 heteroatoms. The van der Waals surface area contributed by atoms with Gasteiger partial charge in [0.1, 0.15) is 11.4 Å². The van der Waals surface area contributed by atoms with Gasteiger partial charge in [-0.1, -0.05) is 0 Å². The quantitative estimate of drug-likeness (QED) is 0.366. The van der Waals surface area contributed by atoms with Crippen LogP contribution in [0.15, 0.2) is 24.3 Å². The van der Waals surface area contributed by atoms with Gasteiger partial charge in [0.15, 0.2) is 0 Å². The molecule has 2 bridgehead atoms. The van der Waals surface area contributed by atoms with Gasteiger partial charge in [0.2, 0.25) is 0 Å². The first-order valence-electron chi connectivity index (χ1n) is 7.22. The molecule has 0 heterocycles. The molecule has 0 unspecified atom stereocenters. The Morgan fingerprint density at radius 1 is 1.14 bits per heavy atom. The molecule has 0 N–H and O–H groups in total. The topological polar surface area (TPSA) is 78.7 Å². The molecule has 0 saturated heterocycles. The number of benzene rings is 1. The molecular weight excluding hydrogens is 274 g/mol. The predicted octanol–water partition coefficient (Wildman–Crippen LogP) is 3.83. The molecule has 6 nitrogen and oxygen atoms in total. The highest BCUT2D eigenvalue weighted by Gasteiger charge is 2.43. The van der Waals surface area contributed by atoms with E-state index in [2.05, 4.69) is 0 Å². The summed E-state index contributed by atoms with van der Waals surface area (Å²) >= 11 is 0. The van der Waals surface area contributed by atoms with Gasteiger partial charge in [-0.05, 0) is 56.6 Å². The van der Waals surface area contributed by atoms with E-state index in [9.17, 15) is 14.9 Å². The van der Waals surface area contributed by atoms with E-state index in [-0.39, 0.29) is 17.0 Å². The average Bonchev–Trinajstić information content (AvgIpc) is 2.49. The summed E-state index contributed by atoms with van der Waals surface area (Å²) < 4.78 is 10.7. The third-order valence-electron chi connectivity index (χ3n) is 4.57. The molecule has 0 aromatic heterocycles. The molecule has 1 aromatic carbocycles. The van der Waals surface area contributed by atoms with E-state index in [0.717, 1.165) is 44.4 Å². The van der Waals surface area contributed by atoms with Crippen LogP contribution in [0.3, 0.4) is 0 Å². The monoisotopic (exact) mass is 291 g/mol. The summed E-state index contributed by atoms with van der Waals surface area (Å²) in [7, 11) is 0. The van der Waals surface area contributed by atoms with Crippen molar-refractivity contribution in [3.05, 3.63) is 34.4 Å². The normalized spacial score (nSPS) is 27.1. The molecule has 0 spiro atoms. The zero-order valence-corrected chi connectivity index (χ0v) is 11.6. The maximum atomic E-state index is 11.9. The van der Waals surface area contributed by atoms with Gasteiger partial charge in [-0.25, -0.2) is 4.79 Å². The number of hydrogen-bond acceptors (Lipinski definition) is 5. The minimum absolute atomic E-state index is 0.0417. The fourth-order valence-electron chi connectivity index (χ4n) is 3.29. The van der Waals surface area contributed by atoms with Crippen molar-refractivity contribution in [1.82, 2.24) is 0 Å². The lowest BCUT2D eigenvalue weighted by atomic mass is 9.68. The van der Waals surface area contributed by atoms with Gasteiger partial charge in [0.05, 0.1) is 4.92 Å². The van der Waals surface area contributed by atoms with E-state index in [4.69, 9.17) is 9.47 Å². The average molecular weight is 291 g/mol. The lowest BCUT2D eigenvalue weighted by Gasteiger charge is -2.45. The minimum Gasteiger partial charge on any atom is -0.427 e. The molecule has 21 heavy (non-hydrogen) atoms. The first-order valence-corrected chi connectivity index (χ1v) is 7.22. The molecule has 3 saturated carbocycles. The van der Waals surface area contributed by atoms with Gasteiger partial charge in [0.25, 0.3) is 5.69 Å². The van der Waals surface area contributed by atoms with Crippen molar-refractivity contribution in [3.63, 3.8) is 0 Å². The Morgan fingerprint density at radius 3 is 2.24 bits per heavy atom. The number of carbonyl (C=O) groups excluding carboxylic acids is 1. The van der Waals surface area contributed by atoms with Crippen LogP contribution in [0.5, 0.6) is 5.75 Å². The lowest BCUT2D eigenvalue weighted by molar-refractivity contribution is -0.384. The molecule has 3 aliphatic carbocycles. The van der Waals surface area contributed by atoms with Crippen molar-refractivity contribution in [1.29, 1.82) is 0 Å². The Kier molecular flexibility index (Phi) is 3.53. The SMILES string of the molecule is O=C(Oc1ccc([N+](=O)[O-])cc1)OC12CCC(CC1)CC2. The van der Waals surface area contributed by atoms with Gasteiger partial charge >= 0.3 is 6.16 Å². The fourth-order valence-corrected chi connectivity index (χ4v) is 3.29. The number of carbonyl (C=O) groups is 1. The van der Waals surface area contributed by atoms with E-state index < -0.39 is 11.1 Å². The summed E-state index contributed by atoms with van der Waals surface area (Å²) in [5, 5.41) is 10.6. The Balaban J connectivity index is 1.60. The van der Waals surface area contributed by atoms with Gasteiger partial charge in [-0.3, -0.25) is 10.1 Å². The minimum atomic E-state index is -0.718. The van der Waals surface area contributed by atoms with E-state index in [0.29, 0.717) is 0 Å². The van der Waals surface area contributed by atoms with Crippen LogP contribution in [0.4, 0.5) is 10.5 Å². The number of nitro benzene ring substituents is 1. The molecule has 1 aromatic rings. The van der Waals surface area contributed by atoms with Crippen LogP contribution in [-0.4, -0.2) is 16.7 Å². The van der Waals surface area contributed by atoms with E-state index in [1.165, 1.54) is 24.3 Å². The lowest BCUT2D eigenvalue weighted by Crippen LogP contribution is -2.44. The zero-order chi connectivity index (χ0) is 14.9. The number of hydrogen-bond donors (Lipinski definition) is 0. The summed E-state index contributed by atoms with van der Waals surface area (Å²) in [4.78, 5) is 22.0. The largest absolute Gasteiger partial charge is 0.514 e. The van der Waals surface area contributed by atoms with Crippen LogP contribution in [-0.2, 0) is 4.74 Å². The highest BCUT2D eigenvalue weighted by atomic mass is 16.7. The summed E-state index contributed by atoms with van der Waals surface area (Å²) in [5.74, 6) is 1.05. The van der Waals surface area contributed by atoms with Crippen molar-refractivity contribution in [2.45, 2.75) is 44.1 Å². The predicted molar refractivity (Wildman–Crippen MR) is 74.1 cm³/mol. The molecule has 0 amide bonds. The number of rotatable bonds is 3. The number of non-ortho nitro benzene ring substituents is 1. The summed E-state index contributed by atoms with van der Waals surface area (Å²) in [5.41, 5.74) is -0.396. The van der Waals surface area contributed by atoms with E-state index in [1.807, 2.05) is 0 Å². The standard InChI is InChI=1S/C15H17NO5/c17-14(20-13-3-1-12(2-4-13)16(18)19)21-15-8-5-11(6-9-15)7-10-15/h1-4,11H,5-10H2. The van der Waals surface area contributed by atoms with Crippen LogP contribution >= 0.6 is 0 Å². The molecule has 3 fully saturated rings. The highest BCUT2D eigenvalue weighted by molar-refractivity contribution is 5.64. The van der Waals surface area contributed by atoms with Gasteiger partial charge in [-0.2, -0.15) is 0 Å². The van der Waals surface area contributed by atoms with Crippen molar-refractivity contribution in [3.8, 4) is 5.75 Å². The molecular formula is C15H17NO5. The van der Waals surface area contributed by atoms with Gasteiger partial charge in [0, 0.05) is 12.1 Å². The third kappa shape index (κ3) is 2.99. The number of fused-ring (bicyclic) bond motifs is 3. The van der Waals surface area contributed by atoms with Crippen LogP contribution in [0.25, 0.3) is 0 Å². The number of nitrogens with zero attached hydrogens (tertiary/aromatic N) is 1. The maximum absolute atomic E-state index is 11.9. The van der Waals surface area contributed by atoms with Crippen molar-refractivity contribution < 1.29 is 19.2 Å². The second-order valence-electron chi connectivity index (χ2n) is 5.87. The molecule has 4 rings (SSSR count). The molecule has 112 valence electrons. The second-order valence-corrected chi connectivity index (χ2v) is 5.87. The van der Waals surface area contributed by atoms with E-state index >= 15 is 0 Å². The van der Waals surface area contributed by atoms with Gasteiger partial charge < -0.3 is 9.47 Å². The molecule has 3 aliphatic rings. The van der Waals surface area contributed by atoms with E-state index in [1.54, 1.807) is 0 Å². The highest BCUT2D eigenvalue weighted by Crippen LogP contribution is 2.46. The fraction of sp³-hybridized carbons (Fsp3) is 0.533. The van der Waals surface area contributed by atoms with Crippen molar-refractivity contribution >= 4 is 11.8 Å². The Labute approximate surface area is 122 Å². The molecule has 0 atom stereocenters. The van der Waals surface area contributed by atoms with Gasteiger partial charge in [-0.15, -0.1) is 0 Å². The third-order valence-corrected chi connectivity index (χ3v) is 4.57.